The van der Waals surface area contributed by atoms with Crippen LogP contribution in [0.15, 0.2) is 15.9 Å². The maximum atomic E-state index is 5.82. The van der Waals surface area contributed by atoms with Gasteiger partial charge in [-0.1, -0.05) is 24.4 Å². The quantitative estimate of drug-likeness (QED) is 0.598. The van der Waals surface area contributed by atoms with Crippen LogP contribution >= 0.6 is 0 Å². The molecule has 6 nitrogen and oxygen atoms in total. The standard InChI is InChI=1S/C11H19N5O/c12-11(15-9-4-2-1-3-5-9)13-7-6-10-14-8-17-16-10/h8-9H,1-7H2,(H3,12,13,15). The van der Waals surface area contributed by atoms with Crippen molar-refractivity contribution in [2.75, 3.05) is 6.54 Å². The molecule has 1 aromatic heterocycles. The van der Waals surface area contributed by atoms with E-state index in [4.69, 9.17) is 5.73 Å². The molecule has 2 rings (SSSR count). The Kier molecular flexibility index (Phi) is 4.35. The Morgan fingerprint density at radius 1 is 1.47 bits per heavy atom. The van der Waals surface area contributed by atoms with Crippen molar-refractivity contribution in [3.05, 3.63) is 12.2 Å². The molecule has 0 amide bonds. The second kappa shape index (κ2) is 6.22. The number of nitrogens with zero attached hydrogens (tertiary/aromatic N) is 3. The molecule has 0 saturated heterocycles. The highest BCUT2D eigenvalue weighted by atomic mass is 16.5. The van der Waals surface area contributed by atoms with Gasteiger partial charge in [0.25, 0.3) is 0 Å². The summed E-state index contributed by atoms with van der Waals surface area (Å²) in [7, 11) is 0. The summed E-state index contributed by atoms with van der Waals surface area (Å²) < 4.78 is 4.64. The van der Waals surface area contributed by atoms with Gasteiger partial charge in [-0.05, 0) is 12.8 Å². The molecule has 0 bridgehead atoms. The van der Waals surface area contributed by atoms with E-state index >= 15 is 0 Å². The molecule has 1 saturated carbocycles. The van der Waals surface area contributed by atoms with Crippen molar-refractivity contribution in [3.63, 3.8) is 0 Å². The lowest BCUT2D eigenvalue weighted by Crippen LogP contribution is -2.41. The van der Waals surface area contributed by atoms with E-state index in [0.29, 0.717) is 30.8 Å². The van der Waals surface area contributed by atoms with Crippen molar-refractivity contribution >= 4 is 5.96 Å². The first-order chi connectivity index (χ1) is 8.34. The largest absolute Gasteiger partial charge is 0.370 e. The molecule has 0 aromatic carbocycles. The van der Waals surface area contributed by atoms with E-state index in [9.17, 15) is 0 Å². The third kappa shape index (κ3) is 4.05. The molecule has 1 aliphatic carbocycles. The topological polar surface area (TPSA) is 89.3 Å². The highest BCUT2D eigenvalue weighted by Crippen LogP contribution is 2.16. The van der Waals surface area contributed by atoms with Crippen LogP contribution < -0.4 is 11.1 Å². The Morgan fingerprint density at radius 3 is 3.00 bits per heavy atom. The van der Waals surface area contributed by atoms with Crippen molar-refractivity contribution in [1.29, 1.82) is 0 Å². The summed E-state index contributed by atoms with van der Waals surface area (Å²) in [5.74, 6) is 1.19. The number of nitrogens with two attached hydrogens (primary N) is 1. The second-order valence-corrected chi connectivity index (χ2v) is 4.34. The molecule has 0 spiro atoms. The van der Waals surface area contributed by atoms with Gasteiger partial charge in [0.1, 0.15) is 0 Å². The Hall–Kier alpha value is -1.59. The summed E-state index contributed by atoms with van der Waals surface area (Å²) in [6, 6.07) is 0.498. The Balaban J connectivity index is 1.69. The lowest BCUT2D eigenvalue weighted by atomic mass is 9.96. The van der Waals surface area contributed by atoms with Gasteiger partial charge in [-0.25, -0.2) is 0 Å². The van der Waals surface area contributed by atoms with Crippen LogP contribution in [0.2, 0.25) is 0 Å². The molecule has 0 aliphatic heterocycles. The van der Waals surface area contributed by atoms with E-state index in [2.05, 4.69) is 25.0 Å². The number of hydrogen-bond acceptors (Lipinski definition) is 4. The van der Waals surface area contributed by atoms with Crippen LogP contribution in [0.25, 0.3) is 0 Å². The van der Waals surface area contributed by atoms with Crippen molar-refractivity contribution < 1.29 is 4.52 Å². The minimum atomic E-state index is 0.498. The van der Waals surface area contributed by atoms with Crippen molar-refractivity contribution in [1.82, 2.24) is 15.5 Å². The van der Waals surface area contributed by atoms with Crippen LogP contribution in [-0.2, 0) is 6.42 Å². The van der Waals surface area contributed by atoms with Gasteiger partial charge in [-0.15, -0.1) is 0 Å². The Bertz CT molecular complexity index is 343. The van der Waals surface area contributed by atoms with E-state index in [-0.39, 0.29) is 0 Å². The van der Waals surface area contributed by atoms with Crippen LogP contribution in [0.4, 0.5) is 0 Å². The molecule has 94 valence electrons. The van der Waals surface area contributed by atoms with Gasteiger partial charge in [-0.2, -0.15) is 4.98 Å². The SMILES string of the molecule is NC(=NCCc1ncon1)NC1CCCCC1. The minimum Gasteiger partial charge on any atom is -0.370 e. The zero-order chi connectivity index (χ0) is 11.9. The minimum absolute atomic E-state index is 0.498. The molecule has 0 atom stereocenters. The van der Waals surface area contributed by atoms with Gasteiger partial charge in [0.05, 0.1) is 0 Å². The normalized spacial score (nSPS) is 18.2. The molecule has 0 unspecified atom stereocenters. The van der Waals surface area contributed by atoms with Crippen molar-refractivity contribution in [2.45, 2.75) is 44.6 Å². The molecular weight excluding hydrogens is 218 g/mol. The monoisotopic (exact) mass is 237 g/mol. The van der Waals surface area contributed by atoms with Crippen LogP contribution in [-0.4, -0.2) is 28.7 Å². The maximum Gasteiger partial charge on any atom is 0.213 e. The van der Waals surface area contributed by atoms with E-state index < -0.39 is 0 Å². The van der Waals surface area contributed by atoms with Crippen LogP contribution in [0.5, 0.6) is 0 Å². The van der Waals surface area contributed by atoms with Crippen LogP contribution in [0, 0.1) is 0 Å². The second-order valence-electron chi connectivity index (χ2n) is 4.34. The lowest BCUT2D eigenvalue weighted by molar-refractivity contribution is 0.409. The molecular formula is C11H19N5O. The van der Waals surface area contributed by atoms with Crippen molar-refractivity contribution in [3.8, 4) is 0 Å². The van der Waals surface area contributed by atoms with Gasteiger partial charge in [0.2, 0.25) is 6.39 Å². The summed E-state index contributed by atoms with van der Waals surface area (Å²) in [5, 5.41) is 6.97. The van der Waals surface area contributed by atoms with Gasteiger partial charge < -0.3 is 15.6 Å². The summed E-state index contributed by atoms with van der Waals surface area (Å²) in [5.41, 5.74) is 5.82. The zero-order valence-corrected chi connectivity index (χ0v) is 9.93. The van der Waals surface area contributed by atoms with Gasteiger partial charge in [0.15, 0.2) is 11.8 Å². The molecule has 1 fully saturated rings. The highest BCUT2D eigenvalue weighted by molar-refractivity contribution is 5.78. The Morgan fingerprint density at radius 2 is 2.29 bits per heavy atom. The smallest absolute Gasteiger partial charge is 0.213 e. The first kappa shape index (κ1) is 11.9. The zero-order valence-electron chi connectivity index (χ0n) is 9.93. The molecule has 3 N–H and O–H groups in total. The number of aromatic nitrogens is 2. The summed E-state index contributed by atoms with van der Waals surface area (Å²) in [6.45, 7) is 0.588. The van der Waals surface area contributed by atoms with E-state index in [1.165, 1.54) is 38.5 Å². The predicted octanol–water partition coefficient (Wildman–Crippen LogP) is 0.849. The summed E-state index contributed by atoms with van der Waals surface area (Å²) in [4.78, 5) is 8.18. The molecule has 1 aromatic rings. The highest BCUT2D eigenvalue weighted by Gasteiger charge is 2.13. The van der Waals surface area contributed by atoms with E-state index in [0.717, 1.165) is 0 Å². The van der Waals surface area contributed by atoms with E-state index in [1.54, 1.807) is 0 Å². The Labute approximate surface area is 101 Å². The first-order valence-electron chi connectivity index (χ1n) is 6.16. The number of nitrogens with one attached hydrogen (secondary N) is 1. The van der Waals surface area contributed by atoms with E-state index in [1.807, 2.05) is 0 Å². The number of aliphatic imine (C=N–C) groups is 1. The van der Waals surface area contributed by atoms with Crippen LogP contribution in [0.3, 0.4) is 0 Å². The van der Waals surface area contributed by atoms with Gasteiger partial charge in [-0.3, -0.25) is 4.99 Å². The van der Waals surface area contributed by atoms with Gasteiger partial charge >= 0.3 is 0 Å². The fourth-order valence-electron chi connectivity index (χ4n) is 2.08. The molecule has 6 heteroatoms. The van der Waals surface area contributed by atoms with Gasteiger partial charge in [0, 0.05) is 19.0 Å². The number of rotatable bonds is 4. The molecule has 1 aliphatic rings. The van der Waals surface area contributed by atoms with Crippen molar-refractivity contribution in [2.24, 2.45) is 10.7 Å². The third-order valence-electron chi connectivity index (χ3n) is 2.98. The molecule has 0 radical (unpaired) electrons. The fraction of sp³-hybridized carbons (Fsp3) is 0.727. The summed E-state index contributed by atoms with van der Waals surface area (Å²) in [6.07, 6.45) is 8.28. The fourth-order valence-corrected chi connectivity index (χ4v) is 2.08. The predicted molar refractivity (Wildman–Crippen MR) is 64.5 cm³/mol. The maximum absolute atomic E-state index is 5.82. The summed E-state index contributed by atoms with van der Waals surface area (Å²) >= 11 is 0. The number of hydrogen-bond donors (Lipinski definition) is 2. The molecule has 1 heterocycles. The third-order valence-corrected chi connectivity index (χ3v) is 2.98. The molecule has 17 heavy (non-hydrogen) atoms. The average molecular weight is 237 g/mol. The average Bonchev–Trinajstić information content (AvgIpc) is 2.83. The first-order valence-corrected chi connectivity index (χ1v) is 6.16. The number of guanidine groups is 1. The van der Waals surface area contributed by atoms with Crippen LogP contribution in [0.1, 0.15) is 37.9 Å². The lowest BCUT2D eigenvalue weighted by Gasteiger charge is -2.23.